The van der Waals surface area contributed by atoms with Gasteiger partial charge in [0.15, 0.2) is 0 Å². The van der Waals surface area contributed by atoms with E-state index in [1.165, 1.54) is 18.2 Å². The minimum atomic E-state index is -3.25. The summed E-state index contributed by atoms with van der Waals surface area (Å²) >= 11 is 5.48. The number of nitrogens with one attached hydrogen (secondary N) is 1. The Kier molecular flexibility index (Phi) is 5.80. The van der Waals surface area contributed by atoms with Crippen LogP contribution in [0.2, 0.25) is 5.02 Å². The minimum Gasteiger partial charge on any atom is -0.319 e. The van der Waals surface area contributed by atoms with Crippen molar-refractivity contribution in [3.8, 4) is 0 Å². The molecule has 0 aliphatic carbocycles. The number of aromatic nitrogens is 2. The van der Waals surface area contributed by atoms with E-state index < -0.39 is 52.3 Å². The number of anilines is 1. The van der Waals surface area contributed by atoms with Gasteiger partial charge in [-0.15, -0.1) is 0 Å². The molecular formula is C14H11ClF4N4O3. The molecule has 0 saturated carbocycles. The van der Waals surface area contributed by atoms with E-state index in [2.05, 4.69) is 10.4 Å². The maximum absolute atomic E-state index is 13.0. The van der Waals surface area contributed by atoms with Crippen LogP contribution < -0.4 is 5.32 Å². The Bertz CT molecular complexity index is 857. The van der Waals surface area contributed by atoms with Gasteiger partial charge in [-0.1, -0.05) is 17.7 Å². The molecular weight excluding hydrogens is 384 g/mol. The summed E-state index contributed by atoms with van der Waals surface area (Å²) in [5, 5.41) is 15.5. The zero-order valence-corrected chi connectivity index (χ0v) is 13.8. The molecule has 0 spiro atoms. The number of hydrogen-bond acceptors (Lipinski definition) is 4. The van der Waals surface area contributed by atoms with Crippen LogP contribution in [0.5, 0.6) is 0 Å². The van der Waals surface area contributed by atoms with Gasteiger partial charge >= 0.3 is 0 Å². The molecule has 12 heteroatoms. The number of rotatable bonds is 6. The Balaban J connectivity index is 2.29. The summed E-state index contributed by atoms with van der Waals surface area (Å²) in [4.78, 5) is 22.3. The van der Waals surface area contributed by atoms with Gasteiger partial charge in [0.1, 0.15) is 23.6 Å². The Morgan fingerprint density at radius 2 is 2.00 bits per heavy atom. The first-order valence-electron chi connectivity index (χ1n) is 6.99. The molecule has 1 aromatic carbocycles. The summed E-state index contributed by atoms with van der Waals surface area (Å²) in [5.41, 5.74) is -2.11. The van der Waals surface area contributed by atoms with Gasteiger partial charge in [0.2, 0.25) is 5.91 Å². The maximum atomic E-state index is 13.0. The normalized spacial score (nSPS) is 11.2. The van der Waals surface area contributed by atoms with E-state index in [0.717, 1.165) is 0 Å². The van der Waals surface area contributed by atoms with E-state index in [9.17, 15) is 32.5 Å². The largest absolute Gasteiger partial charge is 0.319 e. The number of carbonyl (C=O) groups is 1. The monoisotopic (exact) mass is 394 g/mol. The van der Waals surface area contributed by atoms with Crippen molar-refractivity contribution in [2.75, 3.05) is 5.32 Å². The third-order valence-corrected chi connectivity index (χ3v) is 3.67. The predicted molar refractivity (Wildman–Crippen MR) is 83.6 cm³/mol. The van der Waals surface area contributed by atoms with Crippen molar-refractivity contribution in [1.82, 2.24) is 9.78 Å². The number of nitro benzene ring substituents is 1. The van der Waals surface area contributed by atoms with Crippen LogP contribution in [0.4, 0.5) is 28.9 Å². The molecule has 0 saturated heterocycles. The lowest BCUT2D eigenvalue weighted by Gasteiger charge is -2.09. The zero-order valence-electron chi connectivity index (χ0n) is 13.1. The van der Waals surface area contributed by atoms with Crippen LogP contribution in [0.25, 0.3) is 0 Å². The summed E-state index contributed by atoms with van der Waals surface area (Å²) in [6, 6.07) is 3.97. The van der Waals surface area contributed by atoms with Gasteiger partial charge in [-0.05, 0) is 18.6 Å². The number of benzene rings is 1. The Morgan fingerprint density at radius 1 is 1.35 bits per heavy atom. The lowest BCUT2D eigenvalue weighted by atomic mass is 10.2. The van der Waals surface area contributed by atoms with Gasteiger partial charge in [0, 0.05) is 6.07 Å². The van der Waals surface area contributed by atoms with Gasteiger partial charge < -0.3 is 5.32 Å². The molecule has 140 valence electrons. The Morgan fingerprint density at radius 3 is 2.54 bits per heavy atom. The molecule has 0 aliphatic heterocycles. The Hall–Kier alpha value is -2.69. The van der Waals surface area contributed by atoms with Gasteiger partial charge in [0.25, 0.3) is 18.5 Å². The molecule has 1 heterocycles. The molecule has 26 heavy (non-hydrogen) atoms. The van der Waals surface area contributed by atoms with E-state index in [1.54, 1.807) is 6.92 Å². The lowest BCUT2D eigenvalue weighted by molar-refractivity contribution is -0.384. The number of carbonyl (C=O) groups excluding carboxylic acids is 1. The molecule has 0 bridgehead atoms. The maximum Gasteiger partial charge on any atom is 0.293 e. The third kappa shape index (κ3) is 4.10. The van der Waals surface area contributed by atoms with Crippen molar-refractivity contribution in [2.45, 2.75) is 26.3 Å². The highest BCUT2D eigenvalue weighted by atomic mass is 35.5. The summed E-state index contributed by atoms with van der Waals surface area (Å²) in [6.07, 6.45) is -6.45. The summed E-state index contributed by atoms with van der Waals surface area (Å²) in [6.45, 7) is 0.724. The van der Waals surface area contributed by atoms with Crippen molar-refractivity contribution in [1.29, 1.82) is 0 Å². The Labute approximate surface area is 148 Å². The van der Waals surface area contributed by atoms with E-state index in [1.807, 2.05) is 0 Å². The SMILES string of the molecule is Cc1ccc(NC(=O)Cn2nc(C(F)F)c(Cl)c2C(F)F)c([N+](=O)[O-])c1. The molecule has 1 amide bonds. The molecule has 0 atom stereocenters. The lowest BCUT2D eigenvalue weighted by Crippen LogP contribution is -2.21. The van der Waals surface area contributed by atoms with E-state index in [-0.39, 0.29) is 5.69 Å². The fourth-order valence-electron chi connectivity index (χ4n) is 2.16. The highest BCUT2D eigenvalue weighted by Crippen LogP contribution is 2.34. The molecule has 2 rings (SSSR count). The number of amides is 1. The van der Waals surface area contributed by atoms with Crippen molar-refractivity contribution in [3.05, 3.63) is 50.3 Å². The first kappa shape index (κ1) is 19.6. The number of nitrogens with zero attached hydrogens (tertiary/aromatic N) is 3. The number of alkyl halides is 4. The van der Waals surface area contributed by atoms with Crippen molar-refractivity contribution < 1.29 is 27.3 Å². The van der Waals surface area contributed by atoms with Crippen LogP contribution in [-0.4, -0.2) is 20.6 Å². The third-order valence-electron chi connectivity index (χ3n) is 3.29. The zero-order chi connectivity index (χ0) is 19.6. The molecule has 0 radical (unpaired) electrons. The highest BCUT2D eigenvalue weighted by molar-refractivity contribution is 6.32. The van der Waals surface area contributed by atoms with Crippen molar-refractivity contribution in [3.63, 3.8) is 0 Å². The molecule has 0 aliphatic rings. The average Bonchev–Trinajstić information content (AvgIpc) is 2.85. The van der Waals surface area contributed by atoms with Crippen LogP contribution in [0, 0.1) is 17.0 Å². The van der Waals surface area contributed by atoms with E-state index >= 15 is 0 Å². The topological polar surface area (TPSA) is 90.1 Å². The molecule has 0 unspecified atom stereocenters. The van der Waals surface area contributed by atoms with Gasteiger partial charge in [0.05, 0.1) is 9.95 Å². The molecule has 7 nitrogen and oxygen atoms in total. The smallest absolute Gasteiger partial charge is 0.293 e. The van der Waals surface area contributed by atoms with Crippen LogP contribution >= 0.6 is 11.6 Å². The van der Waals surface area contributed by atoms with Crippen LogP contribution in [0.1, 0.15) is 29.8 Å². The second kappa shape index (κ2) is 7.68. The number of aryl methyl sites for hydroxylation is 1. The number of nitro groups is 1. The van der Waals surface area contributed by atoms with Crippen molar-refractivity contribution >= 4 is 28.9 Å². The quantitative estimate of drug-likeness (QED) is 0.450. The molecule has 1 aromatic heterocycles. The van der Waals surface area contributed by atoms with Crippen LogP contribution in [-0.2, 0) is 11.3 Å². The average molecular weight is 395 g/mol. The fourth-order valence-corrected chi connectivity index (χ4v) is 2.47. The van der Waals surface area contributed by atoms with E-state index in [4.69, 9.17) is 11.6 Å². The van der Waals surface area contributed by atoms with E-state index in [0.29, 0.717) is 10.2 Å². The number of halogens is 5. The second-order valence-electron chi connectivity index (χ2n) is 5.17. The fraction of sp³-hybridized carbons (Fsp3) is 0.286. The van der Waals surface area contributed by atoms with Crippen LogP contribution in [0.3, 0.4) is 0 Å². The van der Waals surface area contributed by atoms with Gasteiger partial charge in [-0.25, -0.2) is 17.6 Å². The predicted octanol–water partition coefficient (Wildman–Crippen LogP) is 4.27. The van der Waals surface area contributed by atoms with Crippen LogP contribution in [0.15, 0.2) is 18.2 Å². The molecule has 0 fully saturated rings. The first-order valence-corrected chi connectivity index (χ1v) is 7.37. The second-order valence-corrected chi connectivity index (χ2v) is 5.55. The summed E-state index contributed by atoms with van der Waals surface area (Å²) in [7, 11) is 0. The standard InChI is InChI=1S/C14H11ClF4N4O3/c1-6-2-3-7(8(4-6)23(25)26)20-9(24)5-22-12(14(18)19)10(15)11(21-22)13(16)17/h2-4,13-14H,5H2,1H3,(H,20,24). The minimum absolute atomic E-state index is 0.170. The van der Waals surface area contributed by atoms with Gasteiger partial charge in [-0.2, -0.15) is 5.10 Å². The number of hydrogen-bond donors (Lipinski definition) is 1. The highest BCUT2D eigenvalue weighted by Gasteiger charge is 2.29. The van der Waals surface area contributed by atoms with Gasteiger partial charge in [-0.3, -0.25) is 19.6 Å². The summed E-state index contributed by atoms with van der Waals surface area (Å²) < 4.78 is 52.0. The van der Waals surface area contributed by atoms with Crippen molar-refractivity contribution in [2.24, 2.45) is 0 Å². The molecule has 1 N–H and O–H groups in total. The molecule has 2 aromatic rings. The summed E-state index contributed by atoms with van der Waals surface area (Å²) in [5.74, 6) is -0.973. The first-order chi connectivity index (χ1) is 12.1.